The standard InChI is InChI=1S/C16H17N3O3S/c1-11-6-8-18(9-7-11)16-17-15(20)14(23-16)10-12-2-4-13(5-3-12)19(21)22/h2-5,10-11H,6-9H2,1H3. The number of rotatable bonds is 2. The quantitative estimate of drug-likeness (QED) is 0.472. The van der Waals surface area contributed by atoms with Crippen molar-refractivity contribution in [2.75, 3.05) is 13.1 Å². The molecule has 0 unspecified atom stereocenters. The van der Waals surface area contributed by atoms with Gasteiger partial charge in [0.1, 0.15) is 0 Å². The fourth-order valence-corrected chi connectivity index (χ4v) is 3.54. The summed E-state index contributed by atoms with van der Waals surface area (Å²) in [6.07, 6.45) is 3.98. The van der Waals surface area contributed by atoms with Gasteiger partial charge in [-0.15, -0.1) is 0 Å². The van der Waals surface area contributed by atoms with E-state index in [1.165, 1.54) is 23.9 Å². The zero-order chi connectivity index (χ0) is 16.4. The molecule has 3 rings (SSSR count). The van der Waals surface area contributed by atoms with Gasteiger partial charge in [-0.2, -0.15) is 4.99 Å². The van der Waals surface area contributed by atoms with Gasteiger partial charge in [-0.3, -0.25) is 14.9 Å². The molecule has 0 N–H and O–H groups in total. The van der Waals surface area contributed by atoms with E-state index >= 15 is 0 Å². The number of carbonyl (C=O) groups excluding carboxylic acids is 1. The molecule has 0 spiro atoms. The van der Waals surface area contributed by atoms with E-state index in [1.807, 2.05) is 0 Å². The molecule has 7 heteroatoms. The second-order valence-electron chi connectivity index (χ2n) is 5.83. The lowest BCUT2D eigenvalue weighted by Gasteiger charge is -2.30. The van der Waals surface area contributed by atoms with E-state index in [9.17, 15) is 14.9 Å². The summed E-state index contributed by atoms with van der Waals surface area (Å²) in [7, 11) is 0. The first-order chi connectivity index (χ1) is 11.0. The Morgan fingerprint density at radius 3 is 2.57 bits per heavy atom. The van der Waals surface area contributed by atoms with Gasteiger partial charge >= 0.3 is 0 Å². The summed E-state index contributed by atoms with van der Waals surface area (Å²) in [5, 5.41) is 11.4. The molecule has 1 amide bonds. The van der Waals surface area contributed by atoms with Crippen LogP contribution < -0.4 is 0 Å². The molecule has 0 aromatic heterocycles. The van der Waals surface area contributed by atoms with Crippen LogP contribution in [0.4, 0.5) is 5.69 Å². The summed E-state index contributed by atoms with van der Waals surface area (Å²) in [6, 6.07) is 6.15. The molecule has 2 aliphatic heterocycles. The van der Waals surface area contributed by atoms with Crippen LogP contribution in [0.25, 0.3) is 6.08 Å². The first kappa shape index (κ1) is 15.7. The number of benzene rings is 1. The molecule has 0 radical (unpaired) electrons. The van der Waals surface area contributed by atoms with Gasteiger partial charge in [0.25, 0.3) is 11.6 Å². The molecule has 0 aliphatic carbocycles. The van der Waals surface area contributed by atoms with Crippen molar-refractivity contribution in [3.05, 3.63) is 44.8 Å². The number of hydrogen-bond acceptors (Lipinski definition) is 5. The Balaban J connectivity index is 1.70. The predicted molar refractivity (Wildman–Crippen MR) is 91.1 cm³/mol. The van der Waals surface area contributed by atoms with Crippen LogP contribution in [0.3, 0.4) is 0 Å². The lowest BCUT2D eigenvalue weighted by atomic mass is 10.00. The number of nitro groups is 1. The number of amides is 1. The summed E-state index contributed by atoms with van der Waals surface area (Å²) in [4.78, 5) is 29.2. The maximum atomic E-state index is 12.1. The molecule has 120 valence electrons. The number of piperidine rings is 1. The van der Waals surface area contributed by atoms with Crippen molar-refractivity contribution in [1.82, 2.24) is 4.90 Å². The second kappa shape index (κ2) is 6.54. The van der Waals surface area contributed by atoms with Crippen LogP contribution in [0, 0.1) is 16.0 Å². The molecule has 6 nitrogen and oxygen atoms in total. The summed E-state index contributed by atoms with van der Waals surface area (Å²) in [5.41, 5.74) is 0.798. The molecule has 1 aromatic carbocycles. The zero-order valence-electron chi connectivity index (χ0n) is 12.8. The molecule has 1 aromatic rings. The third kappa shape index (κ3) is 3.61. The fourth-order valence-electron chi connectivity index (χ4n) is 2.58. The van der Waals surface area contributed by atoms with Crippen LogP contribution in [0.15, 0.2) is 34.2 Å². The molecule has 0 saturated carbocycles. The zero-order valence-corrected chi connectivity index (χ0v) is 13.6. The largest absolute Gasteiger partial charge is 0.351 e. The minimum absolute atomic E-state index is 0.0388. The third-order valence-corrected chi connectivity index (χ3v) is 5.11. The summed E-state index contributed by atoms with van der Waals surface area (Å²) < 4.78 is 0. The highest BCUT2D eigenvalue weighted by molar-refractivity contribution is 8.18. The van der Waals surface area contributed by atoms with Crippen LogP contribution in [0.5, 0.6) is 0 Å². The highest BCUT2D eigenvalue weighted by Crippen LogP contribution is 2.32. The van der Waals surface area contributed by atoms with E-state index in [2.05, 4.69) is 16.8 Å². The summed E-state index contributed by atoms with van der Waals surface area (Å²) >= 11 is 1.39. The van der Waals surface area contributed by atoms with E-state index in [4.69, 9.17) is 0 Å². The van der Waals surface area contributed by atoms with E-state index < -0.39 is 4.92 Å². The molecule has 2 aliphatic rings. The topological polar surface area (TPSA) is 75.8 Å². The van der Waals surface area contributed by atoms with E-state index in [1.54, 1.807) is 18.2 Å². The molecule has 1 saturated heterocycles. The van der Waals surface area contributed by atoms with Gasteiger partial charge in [-0.25, -0.2) is 0 Å². The maximum Gasteiger partial charge on any atom is 0.286 e. The van der Waals surface area contributed by atoms with Gasteiger partial charge in [0.2, 0.25) is 0 Å². The molecule has 0 bridgehead atoms. The first-order valence-corrected chi connectivity index (χ1v) is 8.36. The Morgan fingerprint density at radius 1 is 1.30 bits per heavy atom. The van der Waals surface area contributed by atoms with Crippen LogP contribution in [-0.2, 0) is 4.79 Å². The van der Waals surface area contributed by atoms with Gasteiger partial charge in [0.15, 0.2) is 5.17 Å². The number of aliphatic imine (C=N–C) groups is 1. The number of non-ortho nitro benzene ring substituents is 1. The molecule has 23 heavy (non-hydrogen) atoms. The Bertz CT molecular complexity index is 689. The van der Waals surface area contributed by atoms with Gasteiger partial charge in [0, 0.05) is 25.2 Å². The van der Waals surface area contributed by atoms with E-state index in [-0.39, 0.29) is 11.6 Å². The smallest absolute Gasteiger partial charge is 0.286 e. The summed E-state index contributed by atoms with van der Waals surface area (Å²) in [5.74, 6) is 0.492. The Labute approximate surface area is 138 Å². The SMILES string of the molecule is CC1CCN(C2=NC(=O)C(=Cc3ccc([N+](=O)[O-])cc3)S2)CC1. The third-order valence-electron chi connectivity index (χ3n) is 4.07. The maximum absolute atomic E-state index is 12.1. The van der Waals surface area contributed by atoms with Crippen molar-refractivity contribution in [2.24, 2.45) is 10.9 Å². The lowest BCUT2D eigenvalue weighted by Crippen LogP contribution is -2.35. The van der Waals surface area contributed by atoms with E-state index in [0.717, 1.165) is 42.6 Å². The van der Waals surface area contributed by atoms with Crippen LogP contribution in [0.2, 0.25) is 0 Å². The highest BCUT2D eigenvalue weighted by Gasteiger charge is 2.28. The average molecular weight is 331 g/mol. The lowest BCUT2D eigenvalue weighted by molar-refractivity contribution is -0.384. The van der Waals surface area contributed by atoms with Crippen molar-refractivity contribution < 1.29 is 9.72 Å². The number of thioether (sulfide) groups is 1. The monoisotopic (exact) mass is 331 g/mol. The Kier molecular flexibility index (Phi) is 4.47. The second-order valence-corrected chi connectivity index (χ2v) is 6.84. The molecule has 0 atom stereocenters. The van der Waals surface area contributed by atoms with Gasteiger partial charge in [0.05, 0.1) is 9.83 Å². The van der Waals surface area contributed by atoms with Crippen molar-refractivity contribution in [2.45, 2.75) is 19.8 Å². The number of hydrogen-bond donors (Lipinski definition) is 0. The fraction of sp³-hybridized carbons (Fsp3) is 0.375. The van der Waals surface area contributed by atoms with E-state index in [0.29, 0.717) is 4.91 Å². The van der Waals surface area contributed by atoms with Crippen molar-refractivity contribution >= 4 is 34.6 Å². The molecule has 2 heterocycles. The number of amidine groups is 1. The number of likely N-dealkylation sites (tertiary alicyclic amines) is 1. The van der Waals surface area contributed by atoms with Crippen LogP contribution >= 0.6 is 11.8 Å². The van der Waals surface area contributed by atoms with Crippen molar-refractivity contribution in [3.63, 3.8) is 0 Å². The van der Waals surface area contributed by atoms with Gasteiger partial charge < -0.3 is 4.90 Å². The van der Waals surface area contributed by atoms with Crippen molar-refractivity contribution in [1.29, 1.82) is 0 Å². The number of carbonyl (C=O) groups is 1. The number of nitro benzene ring substituents is 1. The van der Waals surface area contributed by atoms with Gasteiger partial charge in [-0.1, -0.05) is 6.92 Å². The minimum atomic E-state index is -0.440. The van der Waals surface area contributed by atoms with Crippen LogP contribution in [0.1, 0.15) is 25.3 Å². The molecular formula is C16H17N3O3S. The predicted octanol–water partition coefficient (Wildman–Crippen LogP) is 3.30. The average Bonchev–Trinajstić information content (AvgIpc) is 2.89. The minimum Gasteiger partial charge on any atom is -0.351 e. The normalized spacial score (nSPS) is 20.9. The highest BCUT2D eigenvalue weighted by atomic mass is 32.2. The van der Waals surface area contributed by atoms with Crippen LogP contribution in [-0.4, -0.2) is 34.0 Å². The Hall–Kier alpha value is -2.15. The van der Waals surface area contributed by atoms with Crippen molar-refractivity contribution in [3.8, 4) is 0 Å². The number of nitrogens with zero attached hydrogens (tertiary/aromatic N) is 3. The van der Waals surface area contributed by atoms with Gasteiger partial charge in [-0.05, 0) is 54.3 Å². The summed E-state index contributed by atoms with van der Waals surface area (Å²) in [6.45, 7) is 4.11. The first-order valence-electron chi connectivity index (χ1n) is 7.55. The molecular weight excluding hydrogens is 314 g/mol. The Morgan fingerprint density at radius 2 is 1.96 bits per heavy atom. The molecule has 1 fully saturated rings.